The molecule has 0 unspecified atom stereocenters. The first kappa shape index (κ1) is 14.3. The lowest BCUT2D eigenvalue weighted by Crippen LogP contribution is -2.05. The predicted octanol–water partition coefficient (Wildman–Crippen LogP) is 5.13. The molecule has 0 saturated carbocycles. The number of alkyl halides is 3. The van der Waals surface area contributed by atoms with Crippen molar-refractivity contribution in [1.82, 2.24) is 0 Å². The molecule has 102 valence electrons. The Kier molecular flexibility index (Phi) is 3.91. The first-order chi connectivity index (χ1) is 9.40. The third-order valence-corrected chi connectivity index (χ3v) is 2.83. The fourth-order valence-electron chi connectivity index (χ4n) is 1.54. The molecule has 0 atom stereocenters. The monoisotopic (exact) mass is 296 g/mol. The molecule has 5 heteroatoms. The summed E-state index contributed by atoms with van der Waals surface area (Å²) in [4.78, 5) is 0. The Morgan fingerprint density at radius 1 is 1.00 bits per heavy atom. The van der Waals surface area contributed by atoms with Crippen LogP contribution in [0.25, 0.3) is 0 Å². The largest absolute Gasteiger partial charge is 0.457 e. The van der Waals surface area contributed by atoms with Gasteiger partial charge in [0.05, 0.1) is 10.6 Å². The minimum absolute atomic E-state index is 0.0511. The predicted molar refractivity (Wildman–Crippen MR) is 70.9 cm³/mol. The number of hydrogen-bond acceptors (Lipinski definition) is 1. The summed E-state index contributed by atoms with van der Waals surface area (Å²) in [6, 6.07) is 9.81. The Morgan fingerprint density at radius 3 is 2.15 bits per heavy atom. The molecule has 0 aliphatic carbocycles. The number of rotatable bonds is 2. The summed E-state index contributed by atoms with van der Waals surface area (Å²) in [6.07, 6.45) is 0.682. The van der Waals surface area contributed by atoms with Crippen molar-refractivity contribution >= 4 is 11.6 Å². The van der Waals surface area contributed by atoms with E-state index in [1.165, 1.54) is 6.07 Å². The van der Waals surface area contributed by atoms with Crippen LogP contribution in [0.4, 0.5) is 13.2 Å². The smallest absolute Gasteiger partial charge is 0.417 e. The van der Waals surface area contributed by atoms with Crippen molar-refractivity contribution < 1.29 is 17.9 Å². The van der Waals surface area contributed by atoms with Gasteiger partial charge in [-0.15, -0.1) is 6.42 Å². The minimum atomic E-state index is -4.52. The van der Waals surface area contributed by atoms with Crippen LogP contribution in [0, 0.1) is 12.3 Å². The Bertz CT molecular complexity index is 654. The van der Waals surface area contributed by atoms with Gasteiger partial charge in [0.15, 0.2) is 0 Å². The van der Waals surface area contributed by atoms with Crippen molar-refractivity contribution in [3.05, 3.63) is 58.6 Å². The van der Waals surface area contributed by atoms with Crippen LogP contribution in [0.1, 0.15) is 11.1 Å². The molecule has 2 aromatic carbocycles. The van der Waals surface area contributed by atoms with Crippen molar-refractivity contribution in [3.8, 4) is 23.8 Å². The fraction of sp³-hybridized carbons (Fsp3) is 0.0667. The van der Waals surface area contributed by atoms with E-state index in [1.54, 1.807) is 24.3 Å². The molecule has 1 nitrogen and oxygen atoms in total. The maximum atomic E-state index is 12.7. The minimum Gasteiger partial charge on any atom is -0.457 e. The first-order valence-corrected chi connectivity index (χ1v) is 5.89. The highest BCUT2D eigenvalue weighted by Gasteiger charge is 2.33. The molecule has 0 amide bonds. The Morgan fingerprint density at radius 2 is 1.60 bits per heavy atom. The van der Waals surface area contributed by atoms with Gasteiger partial charge in [0.25, 0.3) is 0 Å². The van der Waals surface area contributed by atoms with Gasteiger partial charge in [-0.1, -0.05) is 17.5 Å². The molecule has 0 fully saturated rings. The lowest BCUT2D eigenvalue weighted by Gasteiger charge is -2.11. The molecule has 0 saturated heterocycles. The van der Waals surface area contributed by atoms with Gasteiger partial charge in [-0.25, -0.2) is 0 Å². The molecule has 0 aliphatic rings. The highest BCUT2D eigenvalue weighted by atomic mass is 35.5. The molecule has 0 aromatic heterocycles. The third-order valence-electron chi connectivity index (χ3n) is 2.50. The summed E-state index contributed by atoms with van der Waals surface area (Å²) >= 11 is 5.53. The number of halogens is 4. The van der Waals surface area contributed by atoms with Crippen LogP contribution in [-0.4, -0.2) is 0 Å². The lowest BCUT2D eigenvalue weighted by molar-refractivity contribution is -0.137. The van der Waals surface area contributed by atoms with E-state index in [9.17, 15) is 13.2 Å². The average Bonchev–Trinajstić information content (AvgIpc) is 2.40. The van der Waals surface area contributed by atoms with Crippen LogP contribution in [0.15, 0.2) is 42.5 Å². The van der Waals surface area contributed by atoms with Gasteiger partial charge >= 0.3 is 6.18 Å². The number of benzene rings is 2. The normalized spacial score (nSPS) is 10.9. The van der Waals surface area contributed by atoms with Gasteiger partial charge in [-0.05, 0) is 42.5 Å². The van der Waals surface area contributed by atoms with Crippen LogP contribution in [0.2, 0.25) is 5.02 Å². The van der Waals surface area contributed by atoms with Crippen LogP contribution < -0.4 is 4.74 Å². The quantitative estimate of drug-likeness (QED) is 0.698. The maximum absolute atomic E-state index is 12.7. The van der Waals surface area contributed by atoms with Gasteiger partial charge < -0.3 is 4.74 Å². The summed E-state index contributed by atoms with van der Waals surface area (Å²) in [7, 11) is 0. The van der Waals surface area contributed by atoms with Gasteiger partial charge in [-0.2, -0.15) is 13.2 Å². The summed E-state index contributed by atoms with van der Waals surface area (Å²) in [5, 5.41) is -0.368. The van der Waals surface area contributed by atoms with E-state index in [2.05, 4.69) is 5.92 Å². The Hall–Kier alpha value is -2.12. The summed E-state index contributed by atoms with van der Waals surface area (Å²) in [5.41, 5.74) is -0.277. The average molecular weight is 297 g/mol. The molecule has 2 aromatic rings. The number of ether oxygens (including phenoxy) is 1. The van der Waals surface area contributed by atoms with Gasteiger partial charge in [0.1, 0.15) is 11.5 Å². The van der Waals surface area contributed by atoms with Crippen LogP contribution >= 0.6 is 11.6 Å². The highest BCUT2D eigenvalue weighted by molar-refractivity contribution is 6.31. The van der Waals surface area contributed by atoms with Crippen LogP contribution in [0.3, 0.4) is 0 Å². The van der Waals surface area contributed by atoms with E-state index in [0.717, 1.165) is 12.1 Å². The second kappa shape index (κ2) is 5.48. The number of terminal acetylenes is 1. The molecule has 20 heavy (non-hydrogen) atoms. The van der Waals surface area contributed by atoms with E-state index < -0.39 is 11.7 Å². The fourth-order valence-corrected chi connectivity index (χ4v) is 1.77. The maximum Gasteiger partial charge on any atom is 0.417 e. The zero-order valence-electron chi connectivity index (χ0n) is 10.0. The molecule has 0 bridgehead atoms. The van der Waals surface area contributed by atoms with E-state index in [4.69, 9.17) is 22.8 Å². The van der Waals surface area contributed by atoms with E-state index in [0.29, 0.717) is 11.3 Å². The lowest BCUT2D eigenvalue weighted by atomic mass is 10.2. The van der Waals surface area contributed by atoms with Crippen molar-refractivity contribution in [1.29, 1.82) is 0 Å². The van der Waals surface area contributed by atoms with Gasteiger partial charge in [-0.3, -0.25) is 0 Å². The molecular formula is C15H8ClF3O. The first-order valence-electron chi connectivity index (χ1n) is 5.51. The summed E-state index contributed by atoms with van der Waals surface area (Å²) < 4.78 is 43.5. The standard InChI is InChI=1S/C15H8ClF3O/c1-2-10-3-5-11(6-4-10)20-12-7-8-14(16)13(9-12)15(17,18)19/h1,3-9H. The van der Waals surface area contributed by atoms with Gasteiger partial charge in [0, 0.05) is 5.56 Å². The molecule has 0 spiro atoms. The SMILES string of the molecule is C#Cc1ccc(Oc2ccc(Cl)c(C(F)(F)F)c2)cc1. The van der Waals surface area contributed by atoms with Crippen molar-refractivity contribution in [2.75, 3.05) is 0 Å². The second-order valence-electron chi connectivity index (χ2n) is 3.91. The Labute approximate surface area is 118 Å². The summed E-state index contributed by atoms with van der Waals surface area (Å²) in [6.45, 7) is 0. The molecule has 0 radical (unpaired) electrons. The molecule has 0 aliphatic heterocycles. The zero-order chi connectivity index (χ0) is 14.8. The molecular weight excluding hydrogens is 289 g/mol. The van der Waals surface area contributed by atoms with E-state index in [1.807, 2.05) is 0 Å². The third kappa shape index (κ3) is 3.25. The van der Waals surface area contributed by atoms with E-state index >= 15 is 0 Å². The topological polar surface area (TPSA) is 9.23 Å². The van der Waals surface area contributed by atoms with Crippen molar-refractivity contribution in [2.45, 2.75) is 6.18 Å². The van der Waals surface area contributed by atoms with Crippen molar-refractivity contribution in [3.63, 3.8) is 0 Å². The highest BCUT2D eigenvalue weighted by Crippen LogP contribution is 2.37. The zero-order valence-corrected chi connectivity index (χ0v) is 10.8. The van der Waals surface area contributed by atoms with Crippen LogP contribution in [-0.2, 0) is 6.18 Å². The number of hydrogen-bond donors (Lipinski definition) is 0. The van der Waals surface area contributed by atoms with Crippen molar-refractivity contribution in [2.24, 2.45) is 0 Å². The van der Waals surface area contributed by atoms with E-state index in [-0.39, 0.29) is 10.8 Å². The van der Waals surface area contributed by atoms with Gasteiger partial charge in [0.2, 0.25) is 0 Å². The molecule has 0 N–H and O–H groups in total. The Balaban J connectivity index is 2.28. The summed E-state index contributed by atoms with van der Waals surface area (Å²) in [5.74, 6) is 2.87. The molecule has 2 rings (SSSR count). The second-order valence-corrected chi connectivity index (χ2v) is 4.32. The van der Waals surface area contributed by atoms with Crippen LogP contribution in [0.5, 0.6) is 11.5 Å². The molecule has 0 heterocycles.